The molecule has 3 fully saturated rings. The third kappa shape index (κ3) is 3.59. The van der Waals surface area contributed by atoms with Gasteiger partial charge < -0.3 is 34.6 Å². The molecule has 0 aromatic heterocycles. The molecule has 4 N–H and O–H groups in total. The highest BCUT2D eigenvalue weighted by molar-refractivity contribution is 5.75. The smallest absolute Gasteiger partial charge is 0.337 e. The summed E-state index contributed by atoms with van der Waals surface area (Å²) in [7, 11) is 1.15. The number of methoxy groups -OCH3 is 1. The Morgan fingerprint density at radius 3 is 2.63 bits per heavy atom. The lowest BCUT2D eigenvalue weighted by Crippen LogP contribution is -2.63. The van der Waals surface area contributed by atoms with Crippen LogP contribution in [0.4, 0.5) is 0 Å². The molecule has 10 atom stereocenters. The van der Waals surface area contributed by atoms with E-state index in [9.17, 15) is 25.2 Å². The van der Waals surface area contributed by atoms with Gasteiger partial charge in [0, 0.05) is 5.41 Å². The van der Waals surface area contributed by atoms with Crippen molar-refractivity contribution in [1.29, 1.82) is 0 Å². The molecule has 0 unspecified atom stereocenters. The van der Waals surface area contributed by atoms with Gasteiger partial charge in [-0.3, -0.25) is 0 Å². The number of terminal acetylenes is 1. The fourth-order valence-electron chi connectivity index (χ4n) is 7.49. The number of hydrogen-bond donors (Lipinski definition) is 4. The lowest BCUT2D eigenvalue weighted by atomic mass is 9.53. The summed E-state index contributed by atoms with van der Waals surface area (Å²) in [5, 5.41) is 41.2. The number of carbonyl (C=O) groups excluding carboxylic acids is 1. The van der Waals surface area contributed by atoms with Crippen LogP contribution in [0.15, 0.2) is 18.2 Å². The minimum atomic E-state index is -1.65. The molecule has 8 heteroatoms. The largest absolute Gasteiger partial charge is 0.508 e. The molecule has 190 valence electrons. The Morgan fingerprint density at radius 1 is 1.14 bits per heavy atom. The maximum Gasteiger partial charge on any atom is 0.337 e. The van der Waals surface area contributed by atoms with Crippen molar-refractivity contribution >= 4 is 5.97 Å². The van der Waals surface area contributed by atoms with E-state index in [2.05, 4.69) is 23.6 Å². The summed E-state index contributed by atoms with van der Waals surface area (Å²) in [6, 6.07) is 5.69. The predicted octanol–water partition coefficient (Wildman–Crippen LogP) is 1.62. The van der Waals surface area contributed by atoms with Crippen LogP contribution in [0.5, 0.6) is 5.75 Å². The number of aryl methyl sites for hydroxylation is 1. The third-order valence-corrected chi connectivity index (χ3v) is 9.38. The normalized spacial score (nSPS) is 44.5. The predicted molar refractivity (Wildman–Crippen MR) is 124 cm³/mol. The number of ether oxygens (including phenoxy) is 3. The molecule has 0 amide bonds. The Balaban J connectivity index is 1.42. The molecule has 0 radical (unpaired) electrons. The maximum absolute atomic E-state index is 12.1. The van der Waals surface area contributed by atoms with Gasteiger partial charge in [-0.2, -0.15) is 0 Å². The van der Waals surface area contributed by atoms with Crippen LogP contribution in [0.25, 0.3) is 0 Å². The monoisotopic (exact) mass is 486 g/mol. The molecular weight excluding hydrogens is 452 g/mol. The van der Waals surface area contributed by atoms with Crippen molar-refractivity contribution < 1.29 is 39.4 Å². The minimum absolute atomic E-state index is 0.284. The first-order valence-corrected chi connectivity index (χ1v) is 12.4. The average Bonchev–Trinajstić information content (AvgIpc) is 3.15. The molecule has 0 spiro atoms. The van der Waals surface area contributed by atoms with E-state index in [-0.39, 0.29) is 5.92 Å². The molecule has 1 heterocycles. The standard InChI is InChI=1S/C27H34O8/c1-4-27(35-25-22(31)20(29)21(30)23(34-25)24(32)33-3)12-10-19-18-7-5-14-13-15(28)6-8-16(14)17(18)9-11-26(19,27)2/h1,6,8,13,17-23,25,28-31H,5,7,9-12H2,2-3H3/t17-,18-,19+,20+,21+,22-,23+,25+,26+,27+/m1/s1. The summed E-state index contributed by atoms with van der Waals surface area (Å²) in [5.74, 6) is 3.41. The van der Waals surface area contributed by atoms with Gasteiger partial charge in [-0.15, -0.1) is 6.42 Å². The number of esters is 1. The molecule has 0 bridgehead atoms. The summed E-state index contributed by atoms with van der Waals surface area (Å²) in [4.78, 5) is 12.1. The highest BCUT2D eigenvalue weighted by Gasteiger charge is 2.64. The summed E-state index contributed by atoms with van der Waals surface area (Å²) in [6.07, 6.45) is 3.39. The van der Waals surface area contributed by atoms with Crippen LogP contribution in [-0.4, -0.2) is 69.8 Å². The first-order valence-electron chi connectivity index (χ1n) is 12.4. The van der Waals surface area contributed by atoms with Gasteiger partial charge in [0.1, 0.15) is 29.7 Å². The number of phenols is 1. The summed E-state index contributed by atoms with van der Waals surface area (Å²) in [5.41, 5.74) is 1.06. The fourth-order valence-corrected chi connectivity index (χ4v) is 7.49. The van der Waals surface area contributed by atoms with Gasteiger partial charge in [0.05, 0.1) is 7.11 Å². The summed E-state index contributed by atoms with van der Waals surface area (Å²) >= 11 is 0. The van der Waals surface area contributed by atoms with Crippen LogP contribution in [0, 0.1) is 29.6 Å². The van der Waals surface area contributed by atoms with Crippen molar-refractivity contribution in [3.8, 4) is 18.1 Å². The van der Waals surface area contributed by atoms with Crippen LogP contribution in [0.2, 0.25) is 0 Å². The van der Waals surface area contributed by atoms with E-state index in [0.717, 1.165) is 39.2 Å². The van der Waals surface area contributed by atoms with Crippen LogP contribution in [-0.2, 0) is 25.4 Å². The van der Waals surface area contributed by atoms with Gasteiger partial charge >= 0.3 is 5.97 Å². The van der Waals surface area contributed by atoms with Crippen LogP contribution < -0.4 is 0 Å². The zero-order valence-corrected chi connectivity index (χ0v) is 20.1. The highest BCUT2D eigenvalue weighted by atomic mass is 16.7. The second-order valence-corrected chi connectivity index (χ2v) is 10.8. The Labute approximate surface area is 205 Å². The van der Waals surface area contributed by atoms with Gasteiger partial charge in [0.15, 0.2) is 12.4 Å². The fraction of sp³-hybridized carbons (Fsp3) is 0.667. The number of aliphatic hydroxyl groups excluding tert-OH is 3. The van der Waals surface area contributed by atoms with Crippen LogP contribution >= 0.6 is 0 Å². The number of benzene rings is 1. The number of carbonyl (C=O) groups is 1. The molecule has 2 saturated carbocycles. The molecule has 3 aliphatic carbocycles. The Kier molecular flexibility index (Phi) is 6.14. The first kappa shape index (κ1) is 24.5. The van der Waals surface area contributed by atoms with E-state index in [4.69, 9.17) is 15.9 Å². The van der Waals surface area contributed by atoms with Crippen LogP contribution in [0.3, 0.4) is 0 Å². The van der Waals surface area contributed by atoms with E-state index in [1.807, 2.05) is 6.07 Å². The quantitative estimate of drug-likeness (QED) is 0.375. The van der Waals surface area contributed by atoms with Gasteiger partial charge in [-0.25, -0.2) is 4.79 Å². The third-order valence-electron chi connectivity index (χ3n) is 9.38. The van der Waals surface area contributed by atoms with E-state index < -0.39 is 47.7 Å². The van der Waals surface area contributed by atoms with Gasteiger partial charge in [-0.1, -0.05) is 18.9 Å². The van der Waals surface area contributed by atoms with Crippen molar-refractivity contribution in [1.82, 2.24) is 0 Å². The zero-order chi connectivity index (χ0) is 25.1. The Morgan fingerprint density at radius 2 is 1.91 bits per heavy atom. The van der Waals surface area contributed by atoms with E-state index >= 15 is 0 Å². The molecule has 8 nitrogen and oxygen atoms in total. The van der Waals surface area contributed by atoms with Crippen molar-refractivity contribution in [3.05, 3.63) is 29.3 Å². The van der Waals surface area contributed by atoms with Crippen molar-refractivity contribution in [3.63, 3.8) is 0 Å². The van der Waals surface area contributed by atoms with E-state index in [1.54, 1.807) is 6.07 Å². The lowest BCUT2D eigenvalue weighted by Gasteiger charge is -2.54. The number of fused-ring (bicyclic) bond motifs is 5. The lowest BCUT2D eigenvalue weighted by molar-refractivity contribution is -0.324. The molecular formula is C27H34O8. The topological polar surface area (TPSA) is 126 Å². The number of rotatable bonds is 3. The Hall–Kier alpha value is -2.15. The zero-order valence-electron chi connectivity index (χ0n) is 20.1. The second-order valence-electron chi connectivity index (χ2n) is 10.8. The molecule has 4 aliphatic rings. The molecule has 1 aromatic carbocycles. The molecule has 1 aliphatic heterocycles. The van der Waals surface area contributed by atoms with E-state index in [0.29, 0.717) is 24.0 Å². The molecule has 5 rings (SSSR count). The number of aliphatic hydroxyl groups is 3. The first-order chi connectivity index (χ1) is 16.7. The Bertz CT molecular complexity index is 1030. The number of aromatic hydroxyl groups is 1. The van der Waals surface area contributed by atoms with Gasteiger partial charge in [0.2, 0.25) is 0 Å². The average molecular weight is 487 g/mol. The summed E-state index contributed by atoms with van der Waals surface area (Å²) in [6.45, 7) is 2.14. The van der Waals surface area contributed by atoms with Gasteiger partial charge in [-0.05, 0) is 79.5 Å². The molecule has 35 heavy (non-hydrogen) atoms. The number of hydrogen-bond acceptors (Lipinski definition) is 8. The minimum Gasteiger partial charge on any atom is -0.508 e. The van der Waals surface area contributed by atoms with Crippen molar-refractivity contribution in [2.24, 2.45) is 17.3 Å². The number of phenolic OH excluding ortho intramolecular Hbond substituents is 1. The second kappa shape index (κ2) is 8.75. The SMILES string of the molecule is C#C[C@]1(O[C@@H]2O[C@H](C(=O)OC)[C@@H](O)[C@H](O)[C@H]2O)CC[C@H]2[C@@H]3CCc4cc(O)ccc4[C@H]3CC[C@@]21C. The maximum atomic E-state index is 12.1. The highest BCUT2D eigenvalue weighted by Crippen LogP contribution is 2.65. The molecule has 1 aromatic rings. The van der Waals surface area contributed by atoms with Crippen molar-refractivity contribution in [2.75, 3.05) is 7.11 Å². The summed E-state index contributed by atoms with van der Waals surface area (Å²) < 4.78 is 16.7. The van der Waals surface area contributed by atoms with E-state index in [1.165, 1.54) is 11.1 Å². The van der Waals surface area contributed by atoms with Crippen molar-refractivity contribution in [2.45, 2.75) is 87.7 Å². The van der Waals surface area contributed by atoms with Crippen LogP contribution in [0.1, 0.15) is 56.1 Å². The van der Waals surface area contributed by atoms with Gasteiger partial charge in [0.25, 0.3) is 0 Å². The molecule has 1 saturated heterocycles.